The summed E-state index contributed by atoms with van der Waals surface area (Å²) < 4.78 is 0. The van der Waals surface area contributed by atoms with Crippen molar-refractivity contribution in [3.8, 4) is 0 Å². The van der Waals surface area contributed by atoms with E-state index in [0.29, 0.717) is 5.02 Å². The Kier molecular flexibility index (Phi) is 4.09. The van der Waals surface area contributed by atoms with E-state index in [-0.39, 0.29) is 23.6 Å². The van der Waals surface area contributed by atoms with Gasteiger partial charge >= 0.3 is 0 Å². The average Bonchev–Trinajstić information content (AvgIpc) is 3.16. The third kappa shape index (κ3) is 3.15. The Hall–Kier alpha value is -1.26. The quantitative estimate of drug-likeness (QED) is 0.658. The summed E-state index contributed by atoms with van der Waals surface area (Å²) in [6.45, 7) is 0. The minimum atomic E-state index is -0.422. The Morgan fingerprint density at radius 3 is 2.50 bits per heavy atom. The molecular formula is C12H12Cl2N2O2. The number of rotatable bonds is 3. The van der Waals surface area contributed by atoms with Crippen LogP contribution in [0.3, 0.4) is 0 Å². The van der Waals surface area contributed by atoms with Crippen molar-refractivity contribution in [3.63, 3.8) is 0 Å². The number of halogens is 2. The number of nitrogens with one attached hydrogen (secondary N) is 2. The van der Waals surface area contributed by atoms with Gasteiger partial charge in [0.2, 0.25) is 5.91 Å². The van der Waals surface area contributed by atoms with E-state index in [1.54, 1.807) is 12.1 Å². The molecule has 18 heavy (non-hydrogen) atoms. The number of hydrazine groups is 1. The minimum absolute atomic E-state index is 0.0956. The van der Waals surface area contributed by atoms with E-state index in [1.165, 1.54) is 0 Å². The topological polar surface area (TPSA) is 58.2 Å². The van der Waals surface area contributed by atoms with E-state index in [2.05, 4.69) is 10.9 Å². The molecule has 0 heterocycles. The van der Waals surface area contributed by atoms with Crippen LogP contribution in [0, 0.1) is 5.92 Å². The number of alkyl halides is 1. The van der Waals surface area contributed by atoms with Gasteiger partial charge in [-0.15, -0.1) is 11.6 Å². The van der Waals surface area contributed by atoms with E-state index in [4.69, 9.17) is 23.2 Å². The van der Waals surface area contributed by atoms with Crippen molar-refractivity contribution in [2.75, 3.05) is 5.88 Å². The van der Waals surface area contributed by atoms with Crippen LogP contribution in [-0.4, -0.2) is 17.7 Å². The molecule has 0 bridgehead atoms. The smallest absolute Gasteiger partial charge is 0.253 e. The first-order valence-corrected chi connectivity index (χ1v) is 6.43. The Bertz CT molecular complexity index is 462. The van der Waals surface area contributed by atoms with E-state index in [1.807, 2.05) is 12.1 Å². The van der Waals surface area contributed by atoms with Crippen LogP contribution in [0.15, 0.2) is 24.3 Å². The van der Waals surface area contributed by atoms with E-state index < -0.39 is 5.91 Å². The Labute approximate surface area is 115 Å². The highest BCUT2D eigenvalue weighted by Gasteiger charge is 2.43. The van der Waals surface area contributed by atoms with Crippen LogP contribution in [0.1, 0.15) is 17.9 Å². The van der Waals surface area contributed by atoms with Crippen LogP contribution in [0.2, 0.25) is 5.02 Å². The summed E-state index contributed by atoms with van der Waals surface area (Å²) in [5.41, 5.74) is 5.69. The number of carbonyl (C=O) groups is 2. The van der Waals surface area contributed by atoms with Gasteiger partial charge in [0, 0.05) is 10.9 Å². The Morgan fingerprint density at radius 1 is 1.22 bits per heavy atom. The minimum Gasteiger partial charge on any atom is -0.273 e. The lowest BCUT2D eigenvalue weighted by atomic mass is 10.1. The van der Waals surface area contributed by atoms with Gasteiger partial charge in [0.15, 0.2) is 0 Å². The van der Waals surface area contributed by atoms with Gasteiger partial charge in [-0.25, -0.2) is 0 Å². The van der Waals surface area contributed by atoms with Crippen molar-refractivity contribution >= 4 is 35.0 Å². The molecule has 2 atom stereocenters. The van der Waals surface area contributed by atoms with Gasteiger partial charge < -0.3 is 0 Å². The molecule has 2 amide bonds. The SMILES string of the molecule is O=C(CCl)NNC(=O)[C@@H]1C[C@H]1c1ccc(Cl)cc1. The van der Waals surface area contributed by atoms with Crippen LogP contribution in [0.4, 0.5) is 0 Å². The molecule has 1 saturated carbocycles. The number of hydrogen-bond acceptors (Lipinski definition) is 2. The van der Waals surface area contributed by atoms with Crippen LogP contribution >= 0.6 is 23.2 Å². The van der Waals surface area contributed by atoms with Crippen LogP contribution < -0.4 is 10.9 Å². The fourth-order valence-corrected chi connectivity index (χ4v) is 2.01. The molecule has 1 fully saturated rings. The van der Waals surface area contributed by atoms with E-state index >= 15 is 0 Å². The molecule has 0 spiro atoms. The van der Waals surface area contributed by atoms with Crippen LogP contribution in [-0.2, 0) is 9.59 Å². The zero-order valence-electron chi connectivity index (χ0n) is 9.45. The first kappa shape index (κ1) is 13.2. The van der Waals surface area contributed by atoms with Gasteiger partial charge in [-0.1, -0.05) is 23.7 Å². The highest BCUT2D eigenvalue weighted by atomic mass is 35.5. The molecule has 96 valence electrons. The molecule has 4 nitrogen and oxygen atoms in total. The van der Waals surface area contributed by atoms with E-state index in [9.17, 15) is 9.59 Å². The molecular weight excluding hydrogens is 275 g/mol. The summed E-state index contributed by atoms with van der Waals surface area (Å²) in [6, 6.07) is 7.44. The second-order valence-corrected chi connectivity index (χ2v) is 4.87. The fraction of sp³-hybridized carbons (Fsp3) is 0.333. The Balaban J connectivity index is 1.85. The summed E-state index contributed by atoms with van der Waals surface area (Å²) in [5, 5.41) is 0.676. The van der Waals surface area contributed by atoms with E-state index in [0.717, 1.165) is 12.0 Å². The molecule has 2 rings (SSSR count). The average molecular weight is 287 g/mol. The lowest BCUT2D eigenvalue weighted by Crippen LogP contribution is -2.43. The van der Waals surface area contributed by atoms with Gasteiger partial charge in [-0.2, -0.15) is 0 Å². The molecule has 1 aromatic rings. The lowest BCUT2D eigenvalue weighted by molar-refractivity contribution is -0.128. The molecule has 1 aliphatic rings. The summed E-state index contributed by atoms with van der Waals surface area (Å²) in [6.07, 6.45) is 0.782. The molecule has 0 radical (unpaired) electrons. The Morgan fingerprint density at radius 2 is 1.89 bits per heavy atom. The lowest BCUT2D eigenvalue weighted by Gasteiger charge is -2.05. The summed E-state index contributed by atoms with van der Waals surface area (Å²) in [4.78, 5) is 22.6. The zero-order valence-corrected chi connectivity index (χ0v) is 11.0. The largest absolute Gasteiger partial charge is 0.273 e. The highest BCUT2D eigenvalue weighted by Crippen LogP contribution is 2.47. The molecule has 0 saturated heterocycles. The van der Waals surface area contributed by atoms with Crippen LogP contribution in [0.25, 0.3) is 0 Å². The first-order valence-electron chi connectivity index (χ1n) is 5.52. The number of benzene rings is 1. The molecule has 0 aromatic heterocycles. The number of hydrogen-bond donors (Lipinski definition) is 2. The molecule has 2 N–H and O–H groups in total. The van der Waals surface area contributed by atoms with Gasteiger partial charge in [-0.05, 0) is 30.0 Å². The summed E-state index contributed by atoms with van der Waals surface area (Å²) in [5.74, 6) is -0.676. The maximum absolute atomic E-state index is 11.7. The predicted molar refractivity (Wildman–Crippen MR) is 69.3 cm³/mol. The third-order valence-corrected chi connectivity index (χ3v) is 3.37. The molecule has 0 unspecified atom stereocenters. The monoisotopic (exact) mass is 286 g/mol. The highest BCUT2D eigenvalue weighted by molar-refractivity contribution is 6.30. The van der Waals surface area contributed by atoms with Gasteiger partial charge in [-0.3, -0.25) is 20.4 Å². The summed E-state index contributed by atoms with van der Waals surface area (Å²) in [7, 11) is 0. The first-order chi connectivity index (χ1) is 8.61. The normalized spacial score (nSPS) is 21.2. The van der Waals surface area contributed by atoms with Crippen molar-refractivity contribution < 1.29 is 9.59 Å². The van der Waals surface area contributed by atoms with Crippen molar-refractivity contribution in [1.82, 2.24) is 10.9 Å². The molecule has 1 aliphatic carbocycles. The fourth-order valence-electron chi connectivity index (χ4n) is 1.82. The zero-order chi connectivity index (χ0) is 13.1. The van der Waals surface area contributed by atoms with Crippen molar-refractivity contribution in [1.29, 1.82) is 0 Å². The second kappa shape index (κ2) is 5.59. The van der Waals surface area contributed by atoms with Crippen molar-refractivity contribution in [2.45, 2.75) is 12.3 Å². The molecule has 0 aliphatic heterocycles. The van der Waals surface area contributed by atoms with Crippen molar-refractivity contribution in [2.24, 2.45) is 5.92 Å². The maximum atomic E-state index is 11.7. The maximum Gasteiger partial charge on any atom is 0.253 e. The number of amides is 2. The van der Waals surface area contributed by atoms with Gasteiger partial charge in [0.25, 0.3) is 5.91 Å². The van der Waals surface area contributed by atoms with Gasteiger partial charge in [0.05, 0.1) is 0 Å². The predicted octanol–water partition coefficient (Wildman–Crippen LogP) is 1.83. The number of carbonyl (C=O) groups excluding carboxylic acids is 2. The summed E-state index contributed by atoms with van der Waals surface area (Å²) >= 11 is 11.1. The van der Waals surface area contributed by atoms with Crippen molar-refractivity contribution in [3.05, 3.63) is 34.9 Å². The molecule has 6 heteroatoms. The third-order valence-electron chi connectivity index (χ3n) is 2.87. The van der Waals surface area contributed by atoms with Crippen LogP contribution in [0.5, 0.6) is 0 Å². The standard InChI is InChI=1S/C12H12Cl2N2O2/c13-6-11(17)15-16-12(18)10-5-9(10)7-1-3-8(14)4-2-7/h1-4,9-10H,5-6H2,(H,15,17)(H,16,18)/t9-,10+/m0/s1. The van der Waals surface area contributed by atoms with Gasteiger partial charge in [0.1, 0.15) is 5.88 Å². The molecule has 1 aromatic carbocycles. The second-order valence-electron chi connectivity index (χ2n) is 4.17.